The van der Waals surface area contributed by atoms with E-state index in [1.54, 1.807) is 0 Å². The molecular formula is C26H32N2O2. The molecule has 30 heavy (non-hydrogen) atoms. The minimum atomic E-state index is -0.130. The fraction of sp³-hybridized carbons (Fsp3) is 0.423. The van der Waals surface area contributed by atoms with Crippen LogP contribution in [0.15, 0.2) is 40.8 Å². The van der Waals surface area contributed by atoms with E-state index < -0.39 is 0 Å². The third-order valence-electron chi connectivity index (χ3n) is 6.33. The summed E-state index contributed by atoms with van der Waals surface area (Å²) in [5.74, 6) is 0.301. The van der Waals surface area contributed by atoms with Gasteiger partial charge in [0.25, 0.3) is 5.91 Å². The first-order chi connectivity index (χ1) is 14.4. The Morgan fingerprint density at radius 1 is 1.00 bits per heavy atom. The van der Waals surface area contributed by atoms with Crippen molar-refractivity contribution in [1.82, 2.24) is 10.2 Å². The van der Waals surface area contributed by atoms with Gasteiger partial charge in [0.05, 0.1) is 6.04 Å². The van der Waals surface area contributed by atoms with Crippen molar-refractivity contribution in [2.45, 2.75) is 53.0 Å². The Labute approximate surface area is 179 Å². The van der Waals surface area contributed by atoms with E-state index in [9.17, 15) is 4.79 Å². The number of carbonyl (C=O) groups excluding carboxylic acids is 1. The van der Waals surface area contributed by atoms with Gasteiger partial charge in [-0.15, -0.1) is 0 Å². The summed E-state index contributed by atoms with van der Waals surface area (Å²) in [6.07, 6.45) is 3.73. The predicted octanol–water partition coefficient (Wildman–Crippen LogP) is 5.62. The maximum Gasteiger partial charge on any atom is 0.287 e. The summed E-state index contributed by atoms with van der Waals surface area (Å²) in [5, 5.41) is 4.22. The number of nitrogens with zero attached hydrogens (tertiary/aromatic N) is 1. The van der Waals surface area contributed by atoms with Gasteiger partial charge >= 0.3 is 0 Å². The fourth-order valence-electron chi connectivity index (χ4n) is 4.75. The molecule has 2 aromatic carbocycles. The van der Waals surface area contributed by atoms with E-state index in [4.69, 9.17) is 4.42 Å². The number of hydrogen-bond acceptors (Lipinski definition) is 3. The molecule has 1 amide bonds. The van der Waals surface area contributed by atoms with Crippen molar-refractivity contribution in [2.75, 3.05) is 19.6 Å². The summed E-state index contributed by atoms with van der Waals surface area (Å²) >= 11 is 0. The van der Waals surface area contributed by atoms with Crippen molar-refractivity contribution in [2.24, 2.45) is 0 Å². The van der Waals surface area contributed by atoms with E-state index in [1.807, 2.05) is 13.0 Å². The normalized spacial score (nSPS) is 16.0. The van der Waals surface area contributed by atoms with Crippen molar-refractivity contribution >= 4 is 16.9 Å². The lowest BCUT2D eigenvalue weighted by atomic mass is 10.0. The van der Waals surface area contributed by atoms with Gasteiger partial charge in [-0.3, -0.25) is 9.69 Å². The molecule has 3 aromatic rings. The smallest absolute Gasteiger partial charge is 0.287 e. The fourth-order valence-corrected chi connectivity index (χ4v) is 4.75. The standard InChI is InChI=1S/C26H32N2O2/c1-17-8-10-21(11-9-17)22(28-12-6-5-7-13-28)16-27-26(29)25-20(4)24-19(3)14-18(2)15-23(24)30-25/h8-11,14-15,22H,5-7,12-13,16H2,1-4H3,(H,27,29). The molecule has 1 aliphatic heterocycles. The number of piperidine rings is 1. The molecule has 0 saturated carbocycles. The van der Waals surface area contributed by atoms with Gasteiger partial charge in [-0.1, -0.05) is 42.3 Å². The SMILES string of the molecule is Cc1ccc(C(CNC(=O)c2oc3cc(C)cc(C)c3c2C)N2CCCCC2)cc1. The van der Waals surface area contributed by atoms with Crippen LogP contribution in [0.1, 0.15) is 63.7 Å². The lowest BCUT2D eigenvalue weighted by molar-refractivity contribution is 0.0898. The maximum atomic E-state index is 13.1. The number of carbonyl (C=O) groups is 1. The van der Waals surface area contributed by atoms with Crippen LogP contribution >= 0.6 is 0 Å². The first-order valence-electron chi connectivity index (χ1n) is 11.0. The second kappa shape index (κ2) is 8.65. The molecule has 4 rings (SSSR count). The molecule has 4 heteroatoms. The molecule has 1 saturated heterocycles. The zero-order valence-electron chi connectivity index (χ0n) is 18.5. The van der Waals surface area contributed by atoms with Crippen LogP contribution in [-0.4, -0.2) is 30.4 Å². The Kier molecular flexibility index (Phi) is 5.96. The maximum absolute atomic E-state index is 13.1. The summed E-state index contributed by atoms with van der Waals surface area (Å²) in [5.41, 5.74) is 6.52. The van der Waals surface area contributed by atoms with Crippen LogP contribution in [-0.2, 0) is 0 Å². The molecule has 0 aliphatic carbocycles. The molecule has 4 nitrogen and oxygen atoms in total. The van der Waals surface area contributed by atoms with E-state index >= 15 is 0 Å². The van der Waals surface area contributed by atoms with E-state index in [0.29, 0.717) is 12.3 Å². The quantitative estimate of drug-likeness (QED) is 0.600. The number of nitrogens with one attached hydrogen (secondary N) is 1. The van der Waals surface area contributed by atoms with E-state index in [-0.39, 0.29) is 11.9 Å². The second-order valence-electron chi connectivity index (χ2n) is 8.74. The zero-order chi connectivity index (χ0) is 21.3. The summed E-state index contributed by atoms with van der Waals surface area (Å²) in [6, 6.07) is 13.0. The lowest BCUT2D eigenvalue weighted by Crippen LogP contribution is -2.40. The molecule has 158 valence electrons. The van der Waals surface area contributed by atoms with Crippen LogP contribution in [0.5, 0.6) is 0 Å². The van der Waals surface area contributed by atoms with Gasteiger partial charge in [-0.25, -0.2) is 0 Å². The number of rotatable bonds is 5. The van der Waals surface area contributed by atoms with Gasteiger partial charge in [0.15, 0.2) is 5.76 Å². The Hall–Kier alpha value is -2.59. The molecule has 1 unspecified atom stereocenters. The molecule has 1 fully saturated rings. The average molecular weight is 405 g/mol. The molecule has 2 heterocycles. The number of hydrogen-bond donors (Lipinski definition) is 1. The number of benzene rings is 2. The predicted molar refractivity (Wildman–Crippen MR) is 122 cm³/mol. The topological polar surface area (TPSA) is 45.5 Å². The molecule has 0 bridgehead atoms. The first-order valence-corrected chi connectivity index (χ1v) is 11.0. The van der Waals surface area contributed by atoms with Crippen LogP contribution in [0.4, 0.5) is 0 Å². The molecule has 1 atom stereocenters. The summed E-state index contributed by atoms with van der Waals surface area (Å²) in [7, 11) is 0. The highest BCUT2D eigenvalue weighted by Gasteiger charge is 2.25. The van der Waals surface area contributed by atoms with Gasteiger partial charge in [-0.05, 0) is 76.4 Å². The van der Waals surface area contributed by atoms with Crippen LogP contribution in [0, 0.1) is 27.7 Å². The molecule has 0 spiro atoms. The number of aryl methyl sites for hydroxylation is 4. The molecule has 0 radical (unpaired) electrons. The number of likely N-dealkylation sites (tertiary alicyclic amines) is 1. The second-order valence-corrected chi connectivity index (χ2v) is 8.74. The van der Waals surface area contributed by atoms with E-state index in [0.717, 1.165) is 40.7 Å². The summed E-state index contributed by atoms with van der Waals surface area (Å²) < 4.78 is 6.00. The van der Waals surface area contributed by atoms with Gasteiger partial charge < -0.3 is 9.73 Å². The van der Waals surface area contributed by atoms with Crippen molar-refractivity contribution in [3.8, 4) is 0 Å². The van der Waals surface area contributed by atoms with Crippen LogP contribution in [0.2, 0.25) is 0 Å². The highest BCUT2D eigenvalue weighted by atomic mass is 16.3. The van der Waals surface area contributed by atoms with Gasteiger partial charge in [0, 0.05) is 17.5 Å². The monoisotopic (exact) mass is 404 g/mol. The number of amides is 1. The zero-order valence-corrected chi connectivity index (χ0v) is 18.5. The van der Waals surface area contributed by atoms with Gasteiger partial charge in [-0.2, -0.15) is 0 Å². The molecular weight excluding hydrogens is 372 g/mol. The first kappa shape index (κ1) is 20.7. The van der Waals surface area contributed by atoms with E-state index in [1.165, 1.54) is 30.4 Å². The Morgan fingerprint density at radius 2 is 1.70 bits per heavy atom. The average Bonchev–Trinajstić information content (AvgIpc) is 3.06. The minimum Gasteiger partial charge on any atom is -0.451 e. The van der Waals surface area contributed by atoms with E-state index in [2.05, 4.69) is 61.3 Å². The summed E-state index contributed by atoms with van der Waals surface area (Å²) in [4.78, 5) is 15.6. The Morgan fingerprint density at radius 3 is 2.40 bits per heavy atom. The minimum absolute atomic E-state index is 0.130. The van der Waals surface area contributed by atoms with Crippen molar-refractivity contribution in [3.63, 3.8) is 0 Å². The third kappa shape index (κ3) is 4.15. The molecule has 1 aliphatic rings. The van der Waals surface area contributed by atoms with Crippen molar-refractivity contribution in [1.29, 1.82) is 0 Å². The molecule has 1 aromatic heterocycles. The van der Waals surface area contributed by atoms with Crippen LogP contribution in [0.3, 0.4) is 0 Å². The Balaban J connectivity index is 1.56. The van der Waals surface area contributed by atoms with Gasteiger partial charge in [0.2, 0.25) is 0 Å². The largest absolute Gasteiger partial charge is 0.451 e. The number of fused-ring (bicyclic) bond motifs is 1. The summed E-state index contributed by atoms with van der Waals surface area (Å²) in [6.45, 7) is 10.9. The van der Waals surface area contributed by atoms with Crippen LogP contribution < -0.4 is 5.32 Å². The number of furan rings is 1. The highest BCUT2D eigenvalue weighted by Crippen LogP contribution is 2.30. The van der Waals surface area contributed by atoms with Crippen molar-refractivity contribution in [3.05, 3.63) is 70.0 Å². The van der Waals surface area contributed by atoms with Crippen LogP contribution in [0.25, 0.3) is 11.0 Å². The van der Waals surface area contributed by atoms with Gasteiger partial charge in [0.1, 0.15) is 5.58 Å². The van der Waals surface area contributed by atoms with Crippen molar-refractivity contribution < 1.29 is 9.21 Å². The highest BCUT2D eigenvalue weighted by molar-refractivity contribution is 6.00. The third-order valence-corrected chi connectivity index (χ3v) is 6.33. The lowest BCUT2D eigenvalue weighted by Gasteiger charge is -2.35. The molecule has 1 N–H and O–H groups in total. The Bertz CT molecular complexity index is 1040.